The van der Waals surface area contributed by atoms with E-state index in [9.17, 15) is 23.1 Å². The largest absolute Gasteiger partial charge is 0.545 e. The molecule has 0 bridgehead atoms. The fourth-order valence-corrected chi connectivity index (χ4v) is 1.21. The first-order chi connectivity index (χ1) is 8.25. The topological polar surface area (TPSA) is 58.6 Å². The van der Waals surface area contributed by atoms with Crippen LogP contribution in [0.25, 0.3) is 0 Å². The first kappa shape index (κ1) is 14.3. The van der Waals surface area contributed by atoms with Crippen LogP contribution in [0.3, 0.4) is 0 Å². The number of ether oxygens (including phenoxy) is 2. The fraction of sp³-hybridized carbons (Fsp3) is 0.364. The van der Waals surface area contributed by atoms with Gasteiger partial charge in [0.15, 0.2) is 6.29 Å². The van der Waals surface area contributed by atoms with Crippen molar-refractivity contribution in [2.24, 2.45) is 0 Å². The molecule has 1 aromatic carbocycles. The Morgan fingerprint density at radius 3 is 2.44 bits per heavy atom. The molecule has 0 saturated heterocycles. The molecular weight excluding hydrogens is 253 g/mol. The summed E-state index contributed by atoms with van der Waals surface area (Å²) in [4.78, 5) is 10.6. The average molecular weight is 263 g/mol. The quantitative estimate of drug-likeness (QED) is 0.771. The summed E-state index contributed by atoms with van der Waals surface area (Å²) in [6, 6.07) is 2.19. The normalized spacial score (nSPS) is 13.2. The van der Waals surface area contributed by atoms with Crippen LogP contribution in [-0.4, -0.2) is 19.4 Å². The van der Waals surface area contributed by atoms with Gasteiger partial charge in [-0.3, -0.25) is 0 Å². The summed E-state index contributed by atoms with van der Waals surface area (Å²) >= 11 is 0. The van der Waals surface area contributed by atoms with Crippen molar-refractivity contribution in [2.45, 2.75) is 19.4 Å². The van der Waals surface area contributed by atoms with E-state index in [0.29, 0.717) is 6.07 Å². The van der Waals surface area contributed by atoms with Gasteiger partial charge in [-0.15, -0.1) is 0 Å². The molecule has 0 radical (unpaired) electrons. The molecule has 1 rings (SSSR count). The molecule has 100 valence electrons. The maximum atomic E-state index is 12.7. The molecule has 0 N–H and O–H groups in total. The number of rotatable bonds is 4. The number of hydrogen-bond acceptors (Lipinski definition) is 4. The molecule has 0 fully saturated rings. The van der Waals surface area contributed by atoms with Gasteiger partial charge in [-0.1, -0.05) is 6.07 Å². The Balaban J connectivity index is 3.22. The summed E-state index contributed by atoms with van der Waals surface area (Å²) in [5, 5.41) is 10.6. The van der Waals surface area contributed by atoms with Crippen molar-refractivity contribution in [3.05, 3.63) is 29.3 Å². The highest BCUT2D eigenvalue weighted by atomic mass is 19.4. The second-order valence-corrected chi connectivity index (χ2v) is 3.42. The van der Waals surface area contributed by atoms with Gasteiger partial charge in [-0.2, -0.15) is 13.2 Å². The van der Waals surface area contributed by atoms with Crippen molar-refractivity contribution in [3.63, 3.8) is 0 Å². The van der Waals surface area contributed by atoms with E-state index in [0.717, 1.165) is 12.1 Å². The van der Waals surface area contributed by atoms with E-state index >= 15 is 0 Å². The Labute approximate surface area is 101 Å². The maximum absolute atomic E-state index is 12.7. The first-order valence-electron chi connectivity index (χ1n) is 4.87. The zero-order valence-electron chi connectivity index (χ0n) is 9.58. The molecule has 0 aliphatic heterocycles. The van der Waals surface area contributed by atoms with Gasteiger partial charge in [0.25, 0.3) is 0 Å². The van der Waals surface area contributed by atoms with Gasteiger partial charge in [-0.25, -0.2) is 0 Å². The zero-order chi connectivity index (χ0) is 13.9. The number of carboxylic acid groups (broad SMARTS) is 1. The average Bonchev–Trinajstić information content (AvgIpc) is 2.27. The number of carbonyl (C=O) groups is 1. The molecule has 0 aliphatic rings. The molecular formula is C11H10F3O4-. The SMILES string of the molecule is COC(C)Oc1cc(C(=O)[O-])ccc1C(F)(F)F. The molecule has 0 aromatic heterocycles. The summed E-state index contributed by atoms with van der Waals surface area (Å²) < 4.78 is 47.5. The third-order valence-electron chi connectivity index (χ3n) is 2.15. The summed E-state index contributed by atoms with van der Waals surface area (Å²) in [5.41, 5.74) is -1.47. The summed E-state index contributed by atoms with van der Waals surface area (Å²) in [6.45, 7) is 1.38. The van der Waals surface area contributed by atoms with Crippen LogP contribution in [0.5, 0.6) is 5.75 Å². The molecule has 0 aliphatic carbocycles. The maximum Gasteiger partial charge on any atom is 0.419 e. The Hall–Kier alpha value is -1.76. The van der Waals surface area contributed by atoms with Crippen LogP contribution in [0.1, 0.15) is 22.8 Å². The van der Waals surface area contributed by atoms with Crippen LogP contribution in [0, 0.1) is 0 Å². The highest BCUT2D eigenvalue weighted by Gasteiger charge is 2.34. The zero-order valence-corrected chi connectivity index (χ0v) is 9.58. The second-order valence-electron chi connectivity index (χ2n) is 3.42. The summed E-state index contributed by atoms with van der Waals surface area (Å²) in [6.07, 6.45) is -5.59. The number of carbonyl (C=O) groups excluding carboxylic acids is 1. The molecule has 0 heterocycles. The summed E-state index contributed by atoms with van der Waals surface area (Å²) in [5.74, 6) is -2.20. The fourth-order valence-electron chi connectivity index (χ4n) is 1.21. The van der Waals surface area contributed by atoms with Crippen LogP contribution in [0.4, 0.5) is 13.2 Å². The number of alkyl halides is 3. The van der Waals surface area contributed by atoms with E-state index < -0.39 is 35.3 Å². The third kappa shape index (κ3) is 3.36. The van der Waals surface area contributed by atoms with Crippen molar-refractivity contribution < 1.29 is 32.5 Å². The van der Waals surface area contributed by atoms with Gasteiger partial charge in [0.05, 0.1) is 11.5 Å². The first-order valence-corrected chi connectivity index (χ1v) is 4.87. The molecule has 4 nitrogen and oxygen atoms in total. The third-order valence-corrected chi connectivity index (χ3v) is 2.15. The molecule has 1 unspecified atom stereocenters. The lowest BCUT2D eigenvalue weighted by molar-refractivity contribution is -0.255. The van der Waals surface area contributed by atoms with E-state index in [1.165, 1.54) is 14.0 Å². The van der Waals surface area contributed by atoms with E-state index in [1.807, 2.05) is 0 Å². The van der Waals surface area contributed by atoms with Crippen LogP contribution >= 0.6 is 0 Å². The lowest BCUT2D eigenvalue weighted by Crippen LogP contribution is -2.23. The highest BCUT2D eigenvalue weighted by molar-refractivity contribution is 5.86. The Morgan fingerprint density at radius 1 is 1.39 bits per heavy atom. The van der Waals surface area contributed by atoms with E-state index in [-0.39, 0.29) is 0 Å². The molecule has 0 spiro atoms. The smallest absolute Gasteiger partial charge is 0.419 e. The number of carboxylic acids is 1. The van der Waals surface area contributed by atoms with Gasteiger partial charge in [-0.05, 0) is 19.1 Å². The summed E-state index contributed by atoms with van der Waals surface area (Å²) in [7, 11) is 1.25. The Morgan fingerprint density at radius 2 is 2.00 bits per heavy atom. The van der Waals surface area contributed by atoms with Crippen molar-refractivity contribution in [2.75, 3.05) is 7.11 Å². The Kier molecular flexibility index (Phi) is 4.18. The van der Waals surface area contributed by atoms with E-state index in [2.05, 4.69) is 4.74 Å². The molecule has 0 saturated carbocycles. The lowest BCUT2D eigenvalue weighted by atomic mass is 10.1. The number of aromatic carboxylic acids is 1. The van der Waals surface area contributed by atoms with E-state index in [4.69, 9.17) is 4.74 Å². The minimum Gasteiger partial charge on any atom is -0.545 e. The van der Waals surface area contributed by atoms with Gasteiger partial charge in [0.2, 0.25) is 0 Å². The monoisotopic (exact) mass is 263 g/mol. The number of halogens is 3. The van der Waals surface area contributed by atoms with Crippen LogP contribution in [-0.2, 0) is 10.9 Å². The van der Waals surface area contributed by atoms with Gasteiger partial charge in [0.1, 0.15) is 5.75 Å². The molecule has 1 aromatic rings. The van der Waals surface area contributed by atoms with Crippen molar-refractivity contribution in [1.82, 2.24) is 0 Å². The van der Waals surface area contributed by atoms with Crippen molar-refractivity contribution in [3.8, 4) is 5.75 Å². The minimum atomic E-state index is -4.65. The minimum absolute atomic E-state index is 0.402. The number of methoxy groups -OCH3 is 1. The van der Waals surface area contributed by atoms with Gasteiger partial charge < -0.3 is 19.4 Å². The number of hydrogen-bond donors (Lipinski definition) is 0. The van der Waals surface area contributed by atoms with Crippen molar-refractivity contribution >= 4 is 5.97 Å². The standard InChI is InChI=1S/C11H11F3O4/c1-6(17-2)18-9-5-7(10(15)16)3-4-8(9)11(12,13)14/h3-6H,1-2H3,(H,15,16)/p-1. The van der Waals surface area contributed by atoms with Gasteiger partial charge in [0, 0.05) is 12.7 Å². The number of benzene rings is 1. The molecule has 18 heavy (non-hydrogen) atoms. The van der Waals surface area contributed by atoms with Gasteiger partial charge >= 0.3 is 6.18 Å². The highest BCUT2D eigenvalue weighted by Crippen LogP contribution is 2.37. The predicted octanol–water partition coefficient (Wildman–Crippen LogP) is 1.44. The molecule has 0 amide bonds. The lowest BCUT2D eigenvalue weighted by Gasteiger charge is -2.18. The Bertz CT molecular complexity index is 442. The molecule has 1 atom stereocenters. The van der Waals surface area contributed by atoms with Crippen LogP contribution in [0.15, 0.2) is 18.2 Å². The van der Waals surface area contributed by atoms with Crippen LogP contribution < -0.4 is 9.84 Å². The van der Waals surface area contributed by atoms with Crippen molar-refractivity contribution in [1.29, 1.82) is 0 Å². The second kappa shape index (κ2) is 5.26. The predicted molar refractivity (Wildman–Crippen MR) is 52.9 cm³/mol. The van der Waals surface area contributed by atoms with Crippen LogP contribution in [0.2, 0.25) is 0 Å². The van der Waals surface area contributed by atoms with E-state index in [1.54, 1.807) is 0 Å². The molecule has 7 heteroatoms.